The molecule has 0 aromatic carbocycles. The molecule has 2 rings (SSSR count). The molecule has 0 radical (unpaired) electrons. The molecule has 1 unspecified atom stereocenters. The third-order valence-electron chi connectivity index (χ3n) is 4.37. The Bertz CT molecular complexity index is 377. The van der Waals surface area contributed by atoms with Crippen LogP contribution in [0.5, 0.6) is 0 Å². The molecule has 1 saturated heterocycles. The maximum absolute atomic E-state index is 4.64. The topological polar surface area (TPSA) is 33.1 Å². The molecule has 2 heterocycles. The van der Waals surface area contributed by atoms with Crippen LogP contribution in [0.2, 0.25) is 0 Å². The number of hydrogen-bond donors (Lipinski definition) is 1. The van der Waals surface area contributed by atoms with Gasteiger partial charge in [0.25, 0.3) is 0 Å². The lowest BCUT2D eigenvalue weighted by atomic mass is 9.90. The minimum absolute atomic E-state index is 0.455. The van der Waals surface area contributed by atoms with Crippen molar-refractivity contribution in [2.45, 2.75) is 52.2 Å². The van der Waals surface area contributed by atoms with Crippen molar-refractivity contribution in [2.75, 3.05) is 20.1 Å². The van der Waals surface area contributed by atoms with E-state index in [-0.39, 0.29) is 0 Å². The Morgan fingerprint density at radius 1 is 1.32 bits per heavy atom. The monoisotopic (exact) mass is 264 g/mol. The molecule has 1 aromatic heterocycles. The highest BCUT2D eigenvalue weighted by molar-refractivity contribution is 5.00. The molecule has 1 aliphatic heterocycles. The molecule has 0 spiro atoms. The van der Waals surface area contributed by atoms with Crippen LogP contribution in [0.25, 0.3) is 0 Å². The summed E-state index contributed by atoms with van der Waals surface area (Å²) in [4.78, 5) is 2.53. The smallest absolute Gasteiger partial charge is 0.0764 e. The fraction of sp³-hybridized carbons (Fsp3) is 0.800. The molecule has 1 fully saturated rings. The van der Waals surface area contributed by atoms with Gasteiger partial charge in [0.2, 0.25) is 0 Å². The number of piperidine rings is 1. The summed E-state index contributed by atoms with van der Waals surface area (Å²) in [6, 6.07) is 3.25. The Hall–Kier alpha value is -0.870. The van der Waals surface area contributed by atoms with Crippen LogP contribution in [0.4, 0.5) is 0 Å². The molecule has 4 nitrogen and oxygen atoms in total. The highest BCUT2D eigenvalue weighted by Gasteiger charge is 2.23. The maximum atomic E-state index is 4.64. The maximum Gasteiger partial charge on any atom is 0.0764 e. The number of nitrogens with zero attached hydrogens (tertiary/aromatic N) is 3. The first kappa shape index (κ1) is 14.5. The zero-order valence-corrected chi connectivity index (χ0v) is 12.8. The van der Waals surface area contributed by atoms with Gasteiger partial charge in [-0.3, -0.25) is 9.58 Å². The largest absolute Gasteiger partial charge is 0.317 e. The van der Waals surface area contributed by atoms with E-state index in [1.165, 1.54) is 31.6 Å². The fourth-order valence-corrected chi connectivity index (χ4v) is 2.83. The molecule has 0 aliphatic carbocycles. The Balaban J connectivity index is 1.81. The van der Waals surface area contributed by atoms with E-state index >= 15 is 0 Å². The Morgan fingerprint density at radius 3 is 2.53 bits per heavy atom. The first-order valence-corrected chi connectivity index (χ1v) is 7.53. The SMILES string of the molecule is CNC(C)C1CCN(Cc2ccn(C(C)C)n2)CC1. The molecular weight excluding hydrogens is 236 g/mol. The minimum atomic E-state index is 0.455. The first-order valence-electron chi connectivity index (χ1n) is 7.53. The highest BCUT2D eigenvalue weighted by atomic mass is 15.3. The van der Waals surface area contributed by atoms with Gasteiger partial charge in [-0.25, -0.2) is 0 Å². The fourth-order valence-electron chi connectivity index (χ4n) is 2.83. The molecule has 1 aromatic rings. The number of aromatic nitrogens is 2. The zero-order chi connectivity index (χ0) is 13.8. The average molecular weight is 264 g/mol. The van der Waals surface area contributed by atoms with E-state index < -0.39 is 0 Å². The van der Waals surface area contributed by atoms with Gasteiger partial charge in [0, 0.05) is 24.8 Å². The lowest BCUT2D eigenvalue weighted by molar-refractivity contribution is 0.157. The van der Waals surface area contributed by atoms with Gasteiger partial charge in [0.15, 0.2) is 0 Å². The minimum Gasteiger partial charge on any atom is -0.317 e. The summed E-state index contributed by atoms with van der Waals surface area (Å²) in [5, 5.41) is 8.02. The van der Waals surface area contributed by atoms with E-state index in [4.69, 9.17) is 0 Å². The molecule has 1 N–H and O–H groups in total. The summed E-state index contributed by atoms with van der Waals surface area (Å²) in [7, 11) is 2.07. The van der Waals surface area contributed by atoms with Gasteiger partial charge in [-0.05, 0) is 65.7 Å². The number of hydrogen-bond acceptors (Lipinski definition) is 3. The van der Waals surface area contributed by atoms with E-state index in [0.717, 1.165) is 12.5 Å². The summed E-state index contributed by atoms with van der Waals surface area (Å²) < 4.78 is 2.05. The quantitative estimate of drug-likeness (QED) is 0.886. The summed E-state index contributed by atoms with van der Waals surface area (Å²) in [5.74, 6) is 0.828. The third-order valence-corrected chi connectivity index (χ3v) is 4.37. The van der Waals surface area contributed by atoms with Crippen LogP contribution in [0.3, 0.4) is 0 Å². The van der Waals surface area contributed by atoms with Crippen LogP contribution in [0.15, 0.2) is 12.3 Å². The second-order valence-corrected chi connectivity index (χ2v) is 6.07. The number of rotatable bonds is 5. The molecule has 1 atom stereocenters. The van der Waals surface area contributed by atoms with E-state index in [2.05, 4.69) is 55.4 Å². The number of likely N-dealkylation sites (tertiary alicyclic amines) is 1. The zero-order valence-electron chi connectivity index (χ0n) is 12.8. The van der Waals surface area contributed by atoms with E-state index in [1.54, 1.807) is 0 Å². The summed E-state index contributed by atoms with van der Waals surface area (Å²) in [6.45, 7) is 10.0. The standard InChI is InChI=1S/C15H28N4/c1-12(2)19-10-7-15(17-19)11-18-8-5-14(6-9-18)13(3)16-4/h7,10,12-14,16H,5-6,8-9,11H2,1-4H3. The van der Waals surface area contributed by atoms with E-state index in [9.17, 15) is 0 Å². The summed E-state index contributed by atoms with van der Waals surface area (Å²) in [6.07, 6.45) is 4.69. The normalized spacial score (nSPS) is 20.1. The van der Waals surface area contributed by atoms with Crippen LogP contribution in [0, 0.1) is 5.92 Å². The van der Waals surface area contributed by atoms with Crippen molar-refractivity contribution in [1.82, 2.24) is 20.0 Å². The lowest BCUT2D eigenvalue weighted by Gasteiger charge is -2.34. The molecule has 4 heteroatoms. The van der Waals surface area contributed by atoms with Gasteiger partial charge in [-0.15, -0.1) is 0 Å². The predicted octanol–water partition coefficient (Wildman–Crippen LogP) is 2.28. The highest BCUT2D eigenvalue weighted by Crippen LogP contribution is 2.21. The molecule has 19 heavy (non-hydrogen) atoms. The van der Waals surface area contributed by atoms with Crippen molar-refractivity contribution < 1.29 is 0 Å². The molecule has 0 amide bonds. The van der Waals surface area contributed by atoms with Crippen LogP contribution < -0.4 is 5.32 Å². The lowest BCUT2D eigenvalue weighted by Crippen LogP contribution is -2.40. The number of nitrogens with one attached hydrogen (secondary N) is 1. The van der Waals surface area contributed by atoms with Gasteiger partial charge in [-0.2, -0.15) is 5.10 Å². The molecule has 1 aliphatic rings. The van der Waals surface area contributed by atoms with Crippen molar-refractivity contribution in [2.24, 2.45) is 5.92 Å². The van der Waals surface area contributed by atoms with E-state index in [1.807, 2.05) is 4.68 Å². The van der Waals surface area contributed by atoms with Crippen molar-refractivity contribution >= 4 is 0 Å². The summed E-state index contributed by atoms with van der Waals surface area (Å²) in [5.41, 5.74) is 1.20. The van der Waals surface area contributed by atoms with Gasteiger partial charge >= 0.3 is 0 Å². The second kappa shape index (κ2) is 6.53. The van der Waals surface area contributed by atoms with Crippen LogP contribution in [0.1, 0.15) is 45.3 Å². The van der Waals surface area contributed by atoms with Crippen LogP contribution in [-0.4, -0.2) is 40.9 Å². The molecule has 0 bridgehead atoms. The van der Waals surface area contributed by atoms with Crippen molar-refractivity contribution in [3.05, 3.63) is 18.0 Å². The van der Waals surface area contributed by atoms with Gasteiger partial charge < -0.3 is 5.32 Å². The Kier molecular flexibility index (Phi) is 4.99. The van der Waals surface area contributed by atoms with Gasteiger partial charge in [0.05, 0.1) is 5.69 Å². The van der Waals surface area contributed by atoms with Crippen molar-refractivity contribution in [1.29, 1.82) is 0 Å². The Morgan fingerprint density at radius 2 is 2.00 bits per heavy atom. The molecule has 108 valence electrons. The van der Waals surface area contributed by atoms with Crippen LogP contribution in [-0.2, 0) is 6.54 Å². The van der Waals surface area contributed by atoms with Gasteiger partial charge in [-0.1, -0.05) is 0 Å². The van der Waals surface area contributed by atoms with Gasteiger partial charge in [0.1, 0.15) is 0 Å². The predicted molar refractivity (Wildman–Crippen MR) is 79.1 cm³/mol. The molecular formula is C15H28N4. The third kappa shape index (κ3) is 3.80. The van der Waals surface area contributed by atoms with E-state index in [0.29, 0.717) is 12.1 Å². The first-order chi connectivity index (χ1) is 9.10. The Labute approximate surface area is 117 Å². The van der Waals surface area contributed by atoms with Crippen molar-refractivity contribution in [3.8, 4) is 0 Å². The molecule has 0 saturated carbocycles. The second-order valence-electron chi connectivity index (χ2n) is 6.07. The van der Waals surface area contributed by atoms with Crippen LogP contribution >= 0.6 is 0 Å². The summed E-state index contributed by atoms with van der Waals surface area (Å²) >= 11 is 0. The average Bonchev–Trinajstić information content (AvgIpc) is 2.87. The van der Waals surface area contributed by atoms with Crippen molar-refractivity contribution in [3.63, 3.8) is 0 Å².